The Labute approximate surface area is 159 Å². The molecule has 1 N–H and O–H groups in total. The van der Waals surface area contributed by atoms with Gasteiger partial charge in [0.2, 0.25) is 0 Å². The number of fused-ring (bicyclic) bond motifs is 3. The number of nitrogens with one attached hydrogen (secondary N) is 1. The van der Waals surface area contributed by atoms with Gasteiger partial charge in [-0.05, 0) is 73.3 Å². The van der Waals surface area contributed by atoms with Gasteiger partial charge < -0.3 is 5.32 Å². The highest BCUT2D eigenvalue weighted by Gasteiger charge is 2.31. The van der Waals surface area contributed by atoms with Gasteiger partial charge in [-0.3, -0.25) is 0 Å². The molecule has 0 amide bonds. The molecule has 0 saturated heterocycles. The molecule has 1 aromatic carbocycles. The Morgan fingerprint density at radius 3 is 2.65 bits per heavy atom. The Kier molecular flexibility index (Phi) is 4.26. The summed E-state index contributed by atoms with van der Waals surface area (Å²) in [5.41, 5.74) is 5.53. The van der Waals surface area contributed by atoms with Crippen molar-refractivity contribution in [1.82, 2.24) is 9.97 Å². The Morgan fingerprint density at radius 1 is 1.12 bits per heavy atom. The minimum atomic E-state index is 0.361. The molecule has 4 rings (SSSR count). The van der Waals surface area contributed by atoms with E-state index < -0.39 is 0 Å². The second kappa shape index (κ2) is 6.34. The standard InChI is InChI=1S/C22H27N3S/c1-13-6-8-16(10-14(13)2)25-20-19-17-9-7-15(22(3,4)5)11-18(17)26-21(19)24-12-23-20/h6,8,10,12,15H,7,9,11H2,1-5H3,(H,23,24,25). The van der Waals surface area contributed by atoms with Crippen LogP contribution >= 0.6 is 11.3 Å². The second-order valence-corrected chi connectivity index (χ2v) is 9.72. The molecule has 26 heavy (non-hydrogen) atoms. The van der Waals surface area contributed by atoms with Crippen molar-refractivity contribution in [2.45, 2.75) is 53.9 Å². The number of aryl methyl sites for hydroxylation is 3. The van der Waals surface area contributed by atoms with Crippen LogP contribution in [0, 0.1) is 25.2 Å². The first-order valence-corrected chi connectivity index (χ1v) is 10.2. The van der Waals surface area contributed by atoms with Gasteiger partial charge in [0, 0.05) is 10.6 Å². The maximum Gasteiger partial charge on any atom is 0.142 e. The lowest BCUT2D eigenvalue weighted by atomic mass is 9.72. The number of rotatable bonds is 2. The van der Waals surface area contributed by atoms with Gasteiger partial charge in [0.05, 0.1) is 5.39 Å². The first kappa shape index (κ1) is 17.5. The molecule has 0 bridgehead atoms. The number of anilines is 2. The number of hydrogen-bond acceptors (Lipinski definition) is 4. The highest BCUT2D eigenvalue weighted by Crippen LogP contribution is 2.44. The normalized spacial score (nSPS) is 17.3. The predicted octanol–water partition coefficient (Wildman–Crippen LogP) is 6.20. The molecule has 0 aliphatic heterocycles. The Bertz CT molecular complexity index is 965. The van der Waals surface area contributed by atoms with E-state index in [9.17, 15) is 0 Å². The summed E-state index contributed by atoms with van der Waals surface area (Å²) < 4.78 is 0. The molecular formula is C22H27N3S. The lowest BCUT2D eigenvalue weighted by molar-refractivity contribution is 0.218. The van der Waals surface area contributed by atoms with Crippen molar-refractivity contribution in [1.29, 1.82) is 0 Å². The number of hydrogen-bond donors (Lipinski definition) is 1. The van der Waals surface area contributed by atoms with Crippen molar-refractivity contribution in [2.75, 3.05) is 5.32 Å². The molecule has 2 heterocycles. The number of thiophene rings is 1. The first-order valence-electron chi connectivity index (χ1n) is 9.42. The smallest absolute Gasteiger partial charge is 0.142 e. The molecule has 1 unspecified atom stereocenters. The zero-order chi connectivity index (χ0) is 18.5. The maximum atomic E-state index is 4.59. The van der Waals surface area contributed by atoms with Crippen LogP contribution in [-0.2, 0) is 12.8 Å². The molecule has 0 fully saturated rings. The van der Waals surface area contributed by atoms with E-state index in [1.807, 2.05) is 11.3 Å². The third-order valence-corrected chi connectivity index (χ3v) is 7.00. The Balaban J connectivity index is 1.73. The summed E-state index contributed by atoms with van der Waals surface area (Å²) in [6.45, 7) is 11.4. The van der Waals surface area contributed by atoms with Crippen LogP contribution in [0.4, 0.5) is 11.5 Å². The van der Waals surface area contributed by atoms with Crippen LogP contribution in [0.3, 0.4) is 0 Å². The minimum absolute atomic E-state index is 0.361. The molecule has 1 atom stereocenters. The molecule has 4 heteroatoms. The van der Waals surface area contributed by atoms with Crippen LogP contribution in [0.5, 0.6) is 0 Å². The van der Waals surface area contributed by atoms with E-state index in [0.717, 1.165) is 28.7 Å². The lowest BCUT2D eigenvalue weighted by Crippen LogP contribution is -2.26. The van der Waals surface area contributed by atoms with Crippen LogP contribution in [-0.4, -0.2) is 9.97 Å². The van der Waals surface area contributed by atoms with E-state index in [2.05, 4.69) is 68.1 Å². The third kappa shape index (κ3) is 3.11. The average Bonchev–Trinajstić information content (AvgIpc) is 2.96. The third-order valence-electron chi connectivity index (χ3n) is 5.84. The number of benzene rings is 1. The van der Waals surface area contributed by atoms with Crippen molar-refractivity contribution in [2.24, 2.45) is 11.3 Å². The fourth-order valence-corrected chi connectivity index (χ4v) is 5.17. The van der Waals surface area contributed by atoms with E-state index in [-0.39, 0.29) is 0 Å². The predicted molar refractivity (Wildman–Crippen MR) is 112 cm³/mol. The summed E-state index contributed by atoms with van der Waals surface area (Å²) in [7, 11) is 0. The summed E-state index contributed by atoms with van der Waals surface area (Å²) >= 11 is 1.86. The zero-order valence-corrected chi connectivity index (χ0v) is 17.1. The van der Waals surface area contributed by atoms with Crippen molar-refractivity contribution >= 4 is 33.1 Å². The molecule has 136 valence electrons. The van der Waals surface area contributed by atoms with Gasteiger partial charge in [0.1, 0.15) is 17.0 Å². The molecule has 2 aromatic heterocycles. The minimum Gasteiger partial charge on any atom is -0.340 e. The molecular weight excluding hydrogens is 338 g/mol. The first-order chi connectivity index (χ1) is 12.3. The van der Waals surface area contributed by atoms with Crippen LogP contribution in [0.2, 0.25) is 0 Å². The summed E-state index contributed by atoms with van der Waals surface area (Å²) in [5, 5.41) is 4.78. The number of aromatic nitrogens is 2. The lowest BCUT2D eigenvalue weighted by Gasteiger charge is -2.33. The molecule has 3 aromatic rings. The van der Waals surface area contributed by atoms with Gasteiger partial charge in [-0.1, -0.05) is 26.8 Å². The topological polar surface area (TPSA) is 37.8 Å². The molecule has 3 nitrogen and oxygen atoms in total. The Hall–Kier alpha value is -1.94. The van der Waals surface area contributed by atoms with Crippen LogP contribution in [0.15, 0.2) is 24.5 Å². The van der Waals surface area contributed by atoms with Gasteiger partial charge in [-0.2, -0.15) is 0 Å². The highest BCUT2D eigenvalue weighted by molar-refractivity contribution is 7.19. The van der Waals surface area contributed by atoms with E-state index in [1.54, 1.807) is 6.33 Å². The van der Waals surface area contributed by atoms with E-state index >= 15 is 0 Å². The van der Waals surface area contributed by atoms with Crippen LogP contribution in [0.25, 0.3) is 10.2 Å². The Morgan fingerprint density at radius 2 is 1.92 bits per heavy atom. The largest absolute Gasteiger partial charge is 0.340 e. The summed E-state index contributed by atoms with van der Waals surface area (Å²) in [5.74, 6) is 1.69. The van der Waals surface area contributed by atoms with Crippen molar-refractivity contribution in [3.63, 3.8) is 0 Å². The van der Waals surface area contributed by atoms with Gasteiger partial charge in [-0.15, -0.1) is 11.3 Å². The van der Waals surface area contributed by atoms with E-state index in [4.69, 9.17) is 0 Å². The fraction of sp³-hybridized carbons (Fsp3) is 0.455. The van der Waals surface area contributed by atoms with Crippen molar-refractivity contribution in [3.8, 4) is 0 Å². The van der Waals surface area contributed by atoms with E-state index in [0.29, 0.717) is 5.41 Å². The molecule has 1 aliphatic carbocycles. The van der Waals surface area contributed by atoms with E-state index in [1.165, 1.54) is 39.8 Å². The summed E-state index contributed by atoms with van der Waals surface area (Å²) in [6, 6.07) is 6.48. The maximum absolute atomic E-state index is 4.59. The van der Waals surface area contributed by atoms with Crippen LogP contribution in [0.1, 0.15) is 48.8 Å². The van der Waals surface area contributed by atoms with Gasteiger partial charge in [0.25, 0.3) is 0 Å². The van der Waals surface area contributed by atoms with Gasteiger partial charge in [0.15, 0.2) is 0 Å². The van der Waals surface area contributed by atoms with Crippen molar-refractivity contribution in [3.05, 3.63) is 46.1 Å². The summed E-state index contributed by atoms with van der Waals surface area (Å²) in [6.07, 6.45) is 5.24. The zero-order valence-electron chi connectivity index (χ0n) is 16.3. The molecule has 0 spiro atoms. The quantitative estimate of drug-likeness (QED) is 0.587. The fourth-order valence-electron chi connectivity index (χ4n) is 3.90. The average molecular weight is 366 g/mol. The number of nitrogens with zero attached hydrogens (tertiary/aromatic N) is 2. The molecule has 0 radical (unpaired) electrons. The van der Waals surface area contributed by atoms with Crippen LogP contribution < -0.4 is 5.32 Å². The second-order valence-electron chi connectivity index (χ2n) is 8.64. The molecule has 0 saturated carbocycles. The summed E-state index contributed by atoms with van der Waals surface area (Å²) in [4.78, 5) is 11.8. The van der Waals surface area contributed by atoms with Gasteiger partial charge in [-0.25, -0.2) is 9.97 Å². The van der Waals surface area contributed by atoms with Gasteiger partial charge >= 0.3 is 0 Å². The molecule has 1 aliphatic rings. The highest BCUT2D eigenvalue weighted by atomic mass is 32.1. The monoisotopic (exact) mass is 365 g/mol. The van der Waals surface area contributed by atoms with Crippen molar-refractivity contribution < 1.29 is 0 Å². The SMILES string of the molecule is Cc1ccc(Nc2ncnc3sc4c(c23)CCC(C(C)(C)C)C4)cc1C.